The van der Waals surface area contributed by atoms with E-state index in [2.05, 4.69) is 13.5 Å². The van der Waals surface area contributed by atoms with Crippen LogP contribution >= 0.6 is 0 Å². The van der Waals surface area contributed by atoms with Crippen molar-refractivity contribution in [2.45, 2.75) is 200 Å². The van der Waals surface area contributed by atoms with Crippen LogP contribution < -0.4 is 4.74 Å². The molecule has 0 saturated carbocycles. The zero-order valence-electron chi connectivity index (χ0n) is 49.4. The normalized spacial score (nSPS) is 27.0. The number of methoxy groups -OCH3 is 3. The molecule has 11 atom stereocenters. The number of carbonyl (C=O) groups is 4. The fourth-order valence-corrected chi connectivity index (χ4v) is 11.0. The van der Waals surface area contributed by atoms with Gasteiger partial charge in [-0.25, -0.2) is 9.59 Å². The van der Waals surface area contributed by atoms with E-state index in [-0.39, 0.29) is 50.8 Å². The Morgan fingerprint density at radius 1 is 0.850 bits per heavy atom. The fraction of sp³-hybridized carbons (Fsp3) is 0.594. The summed E-state index contributed by atoms with van der Waals surface area (Å²) in [6.45, 7) is 22.2. The summed E-state index contributed by atoms with van der Waals surface area (Å²) >= 11 is 0. The van der Waals surface area contributed by atoms with Gasteiger partial charge in [-0.2, -0.15) is 0 Å². The molecule has 3 heterocycles. The van der Waals surface area contributed by atoms with Gasteiger partial charge in [0.05, 0.1) is 69.7 Å². The summed E-state index contributed by atoms with van der Waals surface area (Å²) in [5, 5.41) is 9.55. The first-order valence-corrected chi connectivity index (χ1v) is 28.1. The number of ether oxygens (including phenoxy) is 11. The minimum Gasteiger partial charge on any atom is -0.497 e. The number of esters is 3. The predicted molar refractivity (Wildman–Crippen MR) is 303 cm³/mol. The van der Waals surface area contributed by atoms with Gasteiger partial charge in [-0.1, -0.05) is 133 Å². The lowest BCUT2D eigenvalue weighted by Crippen LogP contribution is -2.63. The minimum absolute atomic E-state index is 0.00970. The van der Waals surface area contributed by atoms with Crippen molar-refractivity contribution in [3.63, 3.8) is 0 Å². The van der Waals surface area contributed by atoms with Gasteiger partial charge in [0.25, 0.3) is 0 Å². The van der Waals surface area contributed by atoms with Gasteiger partial charge >= 0.3 is 23.9 Å². The van der Waals surface area contributed by atoms with Crippen LogP contribution in [-0.4, -0.2) is 117 Å². The van der Waals surface area contributed by atoms with Gasteiger partial charge in [0, 0.05) is 62.7 Å². The highest BCUT2D eigenvalue weighted by atomic mass is 16.7. The first-order chi connectivity index (χ1) is 38.0. The number of unbranched alkanes of at least 4 members (excludes halogenated alkanes) is 1. The molecule has 0 aliphatic carbocycles. The van der Waals surface area contributed by atoms with Crippen LogP contribution in [0.4, 0.5) is 0 Å². The maximum absolute atomic E-state index is 13.9. The molecular weight excluding hydrogens is 1020 g/mol. The smallest absolute Gasteiger partial charge is 0.331 e. The van der Waals surface area contributed by atoms with Gasteiger partial charge in [-0.05, 0) is 80.7 Å². The van der Waals surface area contributed by atoms with Gasteiger partial charge in [0.15, 0.2) is 6.10 Å². The Kier molecular flexibility index (Phi) is 25.0. The van der Waals surface area contributed by atoms with Crippen molar-refractivity contribution in [2.24, 2.45) is 16.7 Å². The monoisotopic (exact) mass is 1110 g/mol. The average molecular weight is 1120 g/mol. The maximum atomic E-state index is 13.9. The molecule has 1 N–H and O–H groups in total. The Bertz CT molecular complexity index is 2440. The third kappa shape index (κ3) is 18.5. The lowest BCUT2D eigenvalue weighted by molar-refractivity contribution is -0.338. The molecule has 0 spiro atoms. The second kappa shape index (κ2) is 30.6. The highest BCUT2D eigenvalue weighted by molar-refractivity contribution is 5.84. The Morgan fingerprint density at radius 2 is 1.56 bits per heavy atom. The van der Waals surface area contributed by atoms with E-state index in [1.807, 2.05) is 121 Å². The summed E-state index contributed by atoms with van der Waals surface area (Å²) in [7, 11) is 4.39. The summed E-state index contributed by atoms with van der Waals surface area (Å²) in [4.78, 5) is 51.5. The number of allylic oxidation sites excluding steroid dienone is 3. The van der Waals surface area contributed by atoms with Crippen molar-refractivity contribution < 1.29 is 76.4 Å². The molecule has 80 heavy (non-hydrogen) atoms. The number of hydrogen-bond acceptors (Lipinski definition) is 15. The topological polar surface area (TPSA) is 190 Å². The lowest BCUT2D eigenvalue weighted by atomic mass is 9.65. The highest BCUT2D eigenvalue weighted by Crippen LogP contribution is 2.52. The van der Waals surface area contributed by atoms with Crippen molar-refractivity contribution >= 4 is 23.9 Å². The van der Waals surface area contributed by atoms with E-state index in [0.29, 0.717) is 50.0 Å². The molecule has 0 radical (unpaired) electrons. The molecule has 3 aliphatic heterocycles. The lowest BCUT2D eigenvalue weighted by Gasteiger charge is -2.55. The van der Waals surface area contributed by atoms with Crippen molar-refractivity contribution in [2.75, 3.05) is 28.1 Å². The molecule has 0 bridgehead atoms. The molecule has 5 rings (SSSR count). The number of carboxylic acid groups (broad SMARTS) is 1. The molecule has 16 nitrogen and oxygen atoms in total. The number of hydrogen-bond donors (Lipinski definition) is 1. The minimum atomic E-state index is -1.78. The van der Waals surface area contributed by atoms with Crippen LogP contribution in [0.2, 0.25) is 0 Å². The first-order valence-electron chi connectivity index (χ1n) is 28.1. The first kappa shape index (κ1) is 65.4. The largest absolute Gasteiger partial charge is 0.497 e. The highest BCUT2D eigenvalue weighted by Gasteiger charge is 2.60. The molecule has 3 saturated heterocycles. The van der Waals surface area contributed by atoms with Gasteiger partial charge in [0.1, 0.15) is 18.6 Å². The van der Waals surface area contributed by atoms with Crippen LogP contribution in [0.15, 0.2) is 115 Å². The molecular formula is C64H90O16. The van der Waals surface area contributed by atoms with Crippen LogP contribution in [0.5, 0.6) is 5.75 Å². The Morgan fingerprint density at radius 3 is 2.21 bits per heavy atom. The predicted octanol–water partition coefficient (Wildman–Crippen LogP) is 11.7. The van der Waals surface area contributed by atoms with Gasteiger partial charge in [-0.3, -0.25) is 9.59 Å². The van der Waals surface area contributed by atoms with Gasteiger partial charge < -0.3 is 57.2 Å². The summed E-state index contributed by atoms with van der Waals surface area (Å²) in [6, 6.07) is 17.4. The summed E-state index contributed by atoms with van der Waals surface area (Å²) in [6.07, 6.45) is 11.6. The zero-order valence-corrected chi connectivity index (χ0v) is 49.4. The molecule has 3 aliphatic rings. The SMILES string of the molecule is C=C1C[C@@H](CC2(C)O[C@H](C[C@@H](C)CC(=O)O)C[C@H](OC(C)=O)C2(C)C)O[C@@H](/C=C/C(C)(C)[C@]2(OC)O[C@H](C[C@@H](OCc3ccc(OC)cc3)[C@@H](C)OCOCc3ccccc3)C/C(=C\C(=O)OC)[C@@H]2OC(=O)/C=C/C=C/CCC)C1. The van der Waals surface area contributed by atoms with Crippen molar-refractivity contribution in [1.29, 1.82) is 0 Å². The Labute approximate surface area is 475 Å². The number of rotatable bonds is 29. The third-order valence-corrected chi connectivity index (χ3v) is 15.8. The van der Waals surface area contributed by atoms with Gasteiger partial charge in [-0.15, -0.1) is 0 Å². The van der Waals surface area contributed by atoms with E-state index < -0.39 is 82.7 Å². The molecule has 3 fully saturated rings. The van der Waals surface area contributed by atoms with E-state index in [4.69, 9.17) is 52.1 Å². The number of benzene rings is 2. The zero-order chi connectivity index (χ0) is 58.7. The molecule has 16 heteroatoms. The van der Waals surface area contributed by atoms with Crippen LogP contribution in [0.1, 0.15) is 138 Å². The van der Waals surface area contributed by atoms with Gasteiger partial charge in [0.2, 0.25) is 5.79 Å². The van der Waals surface area contributed by atoms with Crippen molar-refractivity contribution in [1.82, 2.24) is 0 Å². The molecule has 2 aromatic carbocycles. The summed E-state index contributed by atoms with van der Waals surface area (Å²) < 4.78 is 69.7. The molecule has 1 unspecified atom stereocenters. The maximum Gasteiger partial charge on any atom is 0.331 e. The molecule has 442 valence electrons. The number of aliphatic carboxylic acids is 1. The second-order valence-electron chi connectivity index (χ2n) is 22.9. The van der Waals surface area contributed by atoms with Crippen LogP contribution in [0.25, 0.3) is 0 Å². The third-order valence-electron chi connectivity index (χ3n) is 15.8. The van der Waals surface area contributed by atoms with E-state index in [0.717, 1.165) is 29.5 Å². The molecule has 2 aromatic rings. The number of carbonyl (C=O) groups excluding carboxylic acids is 3. The quantitative estimate of drug-likeness (QED) is 0.0154. The van der Waals surface area contributed by atoms with Crippen LogP contribution in [0, 0.1) is 16.7 Å². The van der Waals surface area contributed by atoms with E-state index in [1.165, 1.54) is 33.3 Å². The fourth-order valence-electron chi connectivity index (χ4n) is 11.0. The standard InChI is InChI=1S/C64H90O16/c1-14-15-16-17-21-24-58(68)78-60-49(36-59(69)71-12)35-53(37-55(74-41-48-25-27-50(70-11)28-26-48)45(4)75-42-73-40-47-22-19-18-20-23-47)80-64(60,72-13)61(6,7)30-29-51-31-43(2)33-54(77-51)39-63(10)62(8,9)56(76-46(5)65)38-52(79-63)32-44(3)34-57(66)67/h16-30,36,44-45,51-56,60H,2,14-15,31-35,37-42H2,1,3-13H3,(H,66,67)/b17-16+,24-21+,30-29+,49-36+/t44-,45-,51+,52-,53+,54+,55-,56+,60+,63?,64-/m1/s1. The Hall–Kier alpha value is -5.46. The Balaban J connectivity index is 1.50. The molecule has 0 aromatic heterocycles. The van der Waals surface area contributed by atoms with Crippen molar-refractivity contribution in [3.8, 4) is 5.75 Å². The summed E-state index contributed by atoms with van der Waals surface area (Å²) in [5.74, 6) is -3.86. The molecule has 0 amide bonds. The second-order valence-corrected chi connectivity index (χ2v) is 22.9. The van der Waals surface area contributed by atoms with Crippen LogP contribution in [-0.2, 0) is 79.8 Å². The van der Waals surface area contributed by atoms with E-state index >= 15 is 0 Å². The van der Waals surface area contributed by atoms with E-state index in [9.17, 15) is 24.3 Å². The summed E-state index contributed by atoms with van der Waals surface area (Å²) in [5.41, 5.74) is 0.590. The number of carboxylic acids is 1. The van der Waals surface area contributed by atoms with Crippen LogP contribution in [0.3, 0.4) is 0 Å². The average Bonchev–Trinajstić information content (AvgIpc) is 3.59. The van der Waals surface area contributed by atoms with Crippen molar-refractivity contribution in [3.05, 3.63) is 126 Å². The van der Waals surface area contributed by atoms with E-state index in [1.54, 1.807) is 19.3 Å².